The van der Waals surface area contributed by atoms with Crippen LogP contribution in [0.4, 0.5) is 0 Å². The third kappa shape index (κ3) is 3.92. The number of rotatable bonds is 7. The molecule has 0 aliphatic heterocycles. The number of thioether (sulfide) groups is 1. The van der Waals surface area contributed by atoms with Crippen LogP contribution in [0.1, 0.15) is 25.2 Å². The highest BCUT2D eigenvalue weighted by Crippen LogP contribution is 2.13. The van der Waals surface area contributed by atoms with Crippen LogP contribution in [0.3, 0.4) is 0 Å². The molecule has 1 aromatic rings. The molecular formula is C12H19N3S. The van der Waals surface area contributed by atoms with Crippen molar-refractivity contribution in [1.82, 2.24) is 14.9 Å². The first-order valence-electron chi connectivity index (χ1n) is 5.51. The van der Waals surface area contributed by atoms with Crippen molar-refractivity contribution < 1.29 is 0 Å². The third-order valence-corrected chi connectivity index (χ3v) is 3.26. The number of imidazole rings is 1. The number of nitrogens with zero attached hydrogens (tertiary/aromatic N) is 2. The van der Waals surface area contributed by atoms with Crippen LogP contribution in [-0.4, -0.2) is 27.6 Å². The summed E-state index contributed by atoms with van der Waals surface area (Å²) in [6.07, 6.45) is 10.1. The van der Waals surface area contributed by atoms with Crippen molar-refractivity contribution in [2.75, 3.05) is 18.1 Å². The Labute approximate surface area is 102 Å². The zero-order valence-electron chi connectivity index (χ0n) is 9.94. The molecule has 1 atom stereocenters. The quantitative estimate of drug-likeness (QED) is 0.579. The lowest BCUT2D eigenvalue weighted by Crippen LogP contribution is -2.25. The third-order valence-electron chi connectivity index (χ3n) is 2.40. The van der Waals surface area contributed by atoms with Gasteiger partial charge in [-0.15, -0.1) is 18.2 Å². The maximum absolute atomic E-state index is 5.19. The van der Waals surface area contributed by atoms with E-state index in [1.165, 1.54) is 0 Å². The van der Waals surface area contributed by atoms with E-state index >= 15 is 0 Å². The van der Waals surface area contributed by atoms with E-state index in [9.17, 15) is 0 Å². The molecule has 1 unspecified atom stereocenters. The van der Waals surface area contributed by atoms with Crippen LogP contribution in [0.5, 0.6) is 0 Å². The van der Waals surface area contributed by atoms with Crippen molar-refractivity contribution >= 4 is 11.8 Å². The van der Waals surface area contributed by atoms with Crippen molar-refractivity contribution in [1.29, 1.82) is 0 Å². The summed E-state index contributed by atoms with van der Waals surface area (Å²) in [7, 11) is 2.03. The highest BCUT2D eigenvalue weighted by Gasteiger charge is 2.12. The fraction of sp³-hybridized carbons (Fsp3) is 0.583. The minimum Gasteiger partial charge on any atom is -0.337 e. The number of aromatic nitrogens is 2. The Hall–Kier alpha value is -0.920. The standard InChI is InChI=1S/C12H19N3S/c1-4-9-16-10-7-13-11(5-2)12-14-6-8-15(12)3/h1,6,8,11,13H,5,7,9-10H2,2-3H3. The van der Waals surface area contributed by atoms with E-state index in [1.807, 2.05) is 19.4 Å². The van der Waals surface area contributed by atoms with Crippen LogP contribution in [0.25, 0.3) is 0 Å². The molecule has 0 saturated heterocycles. The van der Waals surface area contributed by atoms with Gasteiger partial charge in [-0.1, -0.05) is 12.8 Å². The smallest absolute Gasteiger partial charge is 0.125 e. The molecule has 1 N–H and O–H groups in total. The van der Waals surface area contributed by atoms with Crippen LogP contribution in [0, 0.1) is 12.3 Å². The largest absolute Gasteiger partial charge is 0.337 e. The molecule has 0 aliphatic rings. The van der Waals surface area contributed by atoms with Crippen LogP contribution >= 0.6 is 11.8 Å². The lowest BCUT2D eigenvalue weighted by Gasteiger charge is -2.16. The fourth-order valence-electron chi connectivity index (χ4n) is 1.57. The molecule has 0 aromatic carbocycles. The molecule has 0 bridgehead atoms. The average molecular weight is 237 g/mol. The number of nitrogens with one attached hydrogen (secondary N) is 1. The van der Waals surface area contributed by atoms with Crippen molar-refractivity contribution in [3.63, 3.8) is 0 Å². The van der Waals surface area contributed by atoms with E-state index in [2.05, 4.69) is 27.7 Å². The Morgan fingerprint density at radius 2 is 2.50 bits per heavy atom. The van der Waals surface area contributed by atoms with E-state index in [-0.39, 0.29) is 0 Å². The van der Waals surface area contributed by atoms with Gasteiger partial charge in [0.05, 0.1) is 11.8 Å². The molecule has 16 heavy (non-hydrogen) atoms. The van der Waals surface area contributed by atoms with Gasteiger partial charge in [0.25, 0.3) is 0 Å². The Kier molecular flexibility index (Phi) is 6.05. The van der Waals surface area contributed by atoms with Crippen LogP contribution in [0.2, 0.25) is 0 Å². The van der Waals surface area contributed by atoms with Gasteiger partial charge in [-0.25, -0.2) is 4.98 Å². The zero-order valence-corrected chi connectivity index (χ0v) is 10.8. The average Bonchev–Trinajstić information content (AvgIpc) is 2.70. The highest BCUT2D eigenvalue weighted by atomic mass is 32.2. The fourth-order valence-corrected chi connectivity index (χ4v) is 2.09. The first-order valence-corrected chi connectivity index (χ1v) is 6.66. The lowest BCUT2D eigenvalue weighted by molar-refractivity contribution is 0.498. The molecule has 0 spiro atoms. The van der Waals surface area contributed by atoms with Gasteiger partial charge in [0.2, 0.25) is 0 Å². The maximum Gasteiger partial charge on any atom is 0.125 e. The molecule has 4 heteroatoms. The van der Waals surface area contributed by atoms with Gasteiger partial charge in [-0.05, 0) is 6.42 Å². The van der Waals surface area contributed by atoms with Gasteiger partial charge < -0.3 is 9.88 Å². The van der Waals surface area contributed by atoms with Crippen LogP contribution in [0.15, 0.2) is 12.4 Å². The number of aryl methyl sites for hydroxylation is 1. The van der Waals surface area contributed by atoms with Crippen molar-refractivity contribution in [2.45, 2.75) is 19.4 Å². The van der Waals surface area contributed by atoms with Crippen molar-refractivity contribution in [3.8, 4) is 12.3 Å². The van der Waals surface area contributed by atoms with E-state index < -0.39 is 0 Å². The molecule has 3 nitrogen and oxygen atoms in total. The molecule has 1 heterocycles. The summed E-state index contributed by atoms with van der Waals surface area (Å²) in [5, 5.41) is 3.50. The summed E-state index contributed by atoms with van der Waals surface area (Å²) >= 11 is 1.78. The molecule has 0 aliphatic carbocycles. The maximum atomic E-state index is 5.19. The zero-order chi connectivity index (χ0) is 11.8. The summed E-state index contributed by atoms with van der Waals surface area (Å²) in [5.41, 5.74) is 0. The molecule has 88 valence electrons. The predicted molar refractivity (Wildman–Crippen MR) is 70.4 cm³/mol. The van der Waals surface area contributed by atoms with Crippen molar-refractivity contribution in [2.24, 2.45) is 7.05 Å². The highest BCUT2D eigenvalue weighted by molar-refractivity contribution is 7.99. The van der Waals surface area contributed by atoms with Gasteiger partial charge in [0.15, 0.2) is 0 Å². The summed E-state index contributed by atoms with van der Waals surface area (Å²) in [6, 6.07) is 0.339. The van der Waals surface area contributed by atoms with E-state index in [1.54, 1.807) is 11.8 Å². The second-order valence-electron chi connectivity index (χ2n) is 3.57. The Morgan fingerprint density at radius 1 is 1.69 bits per heavy atom. The summed E-state index contributed by atoms with van der Waals surface area (Å²) in [5.74, 6) is 5.57. The SMILES string of the molecule is C#CCSCCNC(CC)c1nccn1C. The molecule has 0 fully saturated rings. The first-order chi connectivity index (χ1) is 7.79. The topological polar surface area (TPSA) is 29.9 Å². The van der Waals surface area contributed by atoms with Crippen molar-refractivity contribution in [3.05, 3.63) is 18.2 Å². The second-order valence-corrected chi connectivity index (χ2v) is 4.67. The van der Waals surface area contributed by atoms with E-state index in [0.29, 0.717) is 6.04 Å². The summed E-state index contributed by atoms with van der Waals surface area (Å²) < 4.78 is 2.07. The molecule has 1 aromatic heterocycles. The van der Waals surface area contributed by atoms with E-state index in [4.69, 9.17) is 6.42 Å². The number of terminal acetylenes is 1. The molecule has 1 rings (SSSR count). The Bertz CT molecular complexity index is 340. The summed E-state index contributed by atoms with van der Waals surface area (Å²) in [4.78, 5) is 4.36. The number of hydrogen-bond acceptors (Lipinski definition) is 3. The predicted octanol–water partition coefficient (Wildman–Crippen LogP) is 1.83. The minimum absolute atomic E-state index is 0.339. The first kappa shape index (κ1) is 13.1. The van der Waals surface area contributed by atoms with Gasteiger partial charge in [-0.3, -0.25) is 0 Å². The van der Waals surface area contributed by atoms with Gasteiger partial charge in [0.1, 0.15) is 5.82 Å². The van der Waals surface area contributed by atoms with Crippen LogP contribution < -0.4 is 5.32 Å². The minimum atomic E-state index is 0.339. The van der Waals surface area contributed by atoms with E-state index in [0.717, 1.165) is 30.3 Å². The Balaban J connectivity index is 2.33. The van der Waals surface area contributed by atoms with Gasteiger partial charge in [0, 0.05) is 31.7 Å². The monoisotopic (exact) mass is 237 g/mol. The molecule has 0 radical (unpaired) electrons. The van der Waals surface area contributed by atoms with Gasteiger partial charge in [-0.2, -0.15) is 0 Å². The molecule has 0 saturated carbocycles. The Morgan fingerprint density at radius 3 is 3.06 bits per heavy atom. The van der Waals surface area contributed by atoms with Crippen LogP contribution in [-0.2, 0) is 7.05 Å². The second kappa shape index (κ2) is 7.37. The van der Waals surface area contributed by atoms with Gasteiger partial charge >= 0.3 is 0 Å². The summed E-state index contributed by atoms with van der Waals surface area (Å²) in [6.45, 7) is 3.14. The molecular weight excluding hydrogens is 218 g/mol. The molecule has 0 amide bonds. The number of hydrogen-bond donors (Lipinski definition) is 1. The normalized spacial score (nSPS) is 12.3. The lowest BCUT2D eigenvalue weighted by atomic mass is 10.2.